The number of aryl methyl sites for hydroxylation is 1. The Morgan fingerprint density at radius 3 is 2.79 bits per heavy atom. The lowest BCUT2D eigenvalue weighted by Crippen LogP contribution is -2.24. The number of carbonyl (C=O) groups is 1. The first kappa shape index (κ1) is 17.8. The van der Waals surface area contributed by atoms with Crippen molar-refractivity contribution in [2.45, 2.75) is 19.3 Å². The molecule has 5 rings (SSSR count). The molecule has 6 nitrogen and oxygen atoms in total. The lowest BCUT2D eigenvalue weighted by atomic mass is 9.86. The maximum Gasteiger partial charge on any atom is 0.226 e. The van der Waals surface area contributed by atoms with E-state index in [2.05, 4.69) is 15.4 Å². The predicted octanol–water partition coefficient (Wildman–Crippen LogP) is 4.41. The van der Waals surface area contributed by atoms with Crippen LogP contribution in [0.3, 0.4) is 0 Å². The highest BCUT2D eigenvalue weighted by molar-refractivity contribution is 7.20. The van der Waals surface area contributed by atoms with Gasteiger partial charge in [-0.2, -0.15) is 9.78 Å². The molecule has 0 aliphatic carbocycles. The summed E-state index contributed by atoms with van der Waals surface area (Å²) in [6, 6.07) is 12.0. The lowest BCUT2D eigenvalue weighted by molar-refractivity contribution is -0.116. The summed E-state index contributed by atoms with van der Waals surface area (Å²) in [7, 11) is 1.63. The smallest absolute Gasteiger partial charge is 0.226 e. The molecule has 146 valence electrons. The van der Waals surface area contributed by atoms with Gasteiger partial charge < -0.3 is 10.1 Å². The van der Waals surface area contributed by atoms with Crippen LogP contribution in [0.15, 0.2) is 42.5 Å². The van der Waals surface area contributed by atoms with Crippen LogP contribution in [-0.4, -0.2) is 27.8 Å². The molecule has 2 aromatic carbocycles. The summed E-state index contributed by atoms with van der Waals surface area (Å²) < 4.78 is 21.3. The Labute approximate surface area is 170 Å². The number of nitrogens with one attached hydrogen (secondary N) is 1. The minimum absolute atomic E-state index is 0.101. The summed E-state index contributed by atoms with van der Waals surface area (Å²) in [5.41, 5.74) is 3.48. The van der Waals surface area contributed by atoms with Gasteiger partial charge in [0.25, 0.3) is 0 Å². The van der Waals surface area contributed by atoms with Crippen molar-refractivity contribution in [2.24, 2.45) is 0 Å². The average molecular weight is 408 g/mol. The third kappa shape index (κ3) is 2.96. The number of aromatic nitrogens is 3. The van der Waals surface area contributed by atoms with Crippen molar-refractivity contribution in [1.29, 1.82) is 0 Å². The molecule has 1 aliphatic rings. The molecule has 1 atom stereocenters. The first-order valence-electron chi connectivity index (χ1n) is 9.13. The zero-order chi connectivity index (χ0) is 20.1. The standard InChI is InChI=1S/C21H17FN4O2S/c1-11-19-15(12-3-5-13(22)6-4-12)10-18(27)24-20(19)26(25-11)21-23-16-8-7-14(28-2)9-17(16)29-21/h3-9,15H,10H2,1-2H3,(H,24,27). The zero-order valence-corrected chi connectivity index (χ0v) is 16.6. The molecular formula is C21H17FN4O2S. The first-order chi connectivity index (χ1) is 14.0. The summed E-state index contributed by atoms with van der Waals surface area (Å²) in [6.07, 6.45) is 0.294. The van der Waals surface area contributed by atoms with Gasteiger partial charge in [-0.3, -0.25) is 4.79 Å². The second-order valence-electron chi connectivity index (χ2n) is 6.95. The highest BCUT2D eigenvalue weighted by Crippen LogP contribution is 2.41. The van der Waals surface area contributed by atoms with Crippen molar-refractivity contribution >= 4 is 33.3 Å². The van der Waals surface area contributed by atoms with E-state index < -0.39 is 0 Å². The van der Waals surface area contributed by atoms with Crippen molar-refractivity contribution in [3.8, 4) is 10.9 Å². The van der Waals surface area contributed by atoms with Crippen molar-refractivity contribution in [1.82, 2.24) is 14.8 Å². The summed E-state index contributed by atoms with van der Waals surface area (Å²) in [4.78, 5) is 17.1. The van der Waals surface area contributed by atoms with Gasteiger partial charge in [-0.15, -0.1) is 0 Å². The molecule has 2 aromatic heterocycles. The maximum atomic E-state index is 13.4. The van der Waals surface area contributed by atoms with E-state index >= 15 is 0 Å². The fraction of sp³-hybridized carbons (Fsp3) is 0.190. The summed E-state index contributed by atoms with van der Waals surface area (Å²) in [5.74, 6) is 0.806. The number of rotatable bonds is 3. The fourth-order valence-corrected chi connectivity index (χ4v) is 4.73. The van der Waals surface area contributed by atoms with E-state index in [1.54, 1.807) is 23.9 Å². The highest BCUT2D eigenvalue weighted by atomic mass is 32.1. The van der Waals surface area contributed by atoms with E-state index in [0.29, 0.717) is 17.4 Å². The van der Waals surface area contributed by atoms with E-state index in [1.165, 1.54) is 23.5 Å². The van der Waals surface area contributed by atoms with Crippen LogP contribution in [0.1, 0.15) is 29.2 Å². The van der Waals surface area contributed by atoms with Crippen molar-refractivity contribution < 1.29 is 13.9 Å². The Balaban J connectivity index is 1.64. The molecule has 0 saturated carbocycles. The Morgan fingerprint density at radius 1 is 1.24 bits per heavy atom. The highest BCUT2D eigenvalue weighted by Gasteiger charge is 2.33. The summed E-state index contributed by atoms with van der Waals surface area (Å²) >= 11 is 1.47. The Hall–Kier alpha value is -3.26. The lowest BCUT2D eigenvalue weighted by Gasteiger charge is -2.24. The molecule has 0 bridgehead atoms. The van der Waals surface area contributed by atoms with E-state index in [-0.39, 0.29) is 17.6 Å². The largest absolute Gasteiger partial charge is 0.497 e. The SMILES string of the molecule is COc1ccc2nc(-n3nc(C)c4c3NC(=O)CC4c3ccc(F)cc3)sc2c1. The van der Waals surface area contributed by atoms with Gasteiger partial charge in [-0.1, -0.05) is 23.5 Å². The third-order valence-electron chi connectivity index (χ3n) is 5.14. The normalized spacial score (nSPS) is 16.0. The molecule has 0 saturated heterocycles. The molecule has 1 aliphatic heterocycles. The fourth-order valence-electron chi connectivity index (χ4n) is 3.78. The third-order valence-corrected chi connectivity index (χ3v) is 6.13. The number of ether oxygens (including phenoxy) is 1. The molecule has 1 N–H and O–H groups in total. The molecule has 8 heteroatoms. The van der Waals surface area contributed by atoms with Crippen LogP contribution in [0.5, 0.6) is 5.75 Å². The van der Waals surface area contributed by atoms with Crippen LogP contribution in [0.2, 0.25) is 0 Å². The topological polar surface area (TPSA) is 69.0 Å². The van der Waals surface area contributed by atoms with Crippen molar-refractivity contribution in [3.63, 3.8) is 0 Å². The average Bonchev–Trinajstić information content (AvgIpc) is 3.28. The number of benzene rings is 2. The molecule has 0 fully saturated rings. The molecule has 4 aromatic rings. The van der Waals surface area contributed by atoms with Crippen LogP contribution < -0.4 is 10.1 Å². The quantitative estimate of drug-likeness (QED) is 0.545. The van der Waals surface area contributed by atoms with Crippen molar-refractivity contribution in [2.75, 3.05) is 12.4 Å². The molecule has 3 heterocycles. The minimum Gasteiger partial charge on any atom is -0.497 e. The number of nitrogens with zero attached hydrogens (tertiary/aromatic N) is 3. The van der Waals surface area contributed by atoms with Crippen molar-refractivity contribution in [3.05, 3.63) is 65.1 Å². The number of anilines is 1. The Bertz CT molecular complexity index is 1250. The number of thiazole rings is 1. The Kier molecular flexibility index (Phi) is 4.09. The number of carbonyl (C=O) groups excluding carboxylic acids is 1. The second kappa shape index (κ2) is 6.66. The van der Waals surface area contributed by atoms with Gasteiger partial charge in [0.2, 0.25) is 11.0 Å². The molecule has 29 heavy (non-hydrogen) atoms. The maximum absolute atomic E-state index is 13.4. The Morgan fingerprint density at radius 2 is 2.03 bits per heavy atom. The van der Waals surface area contributed by atoms with Gasteiger partial charge in [0, 0.05) is 17.9 Å². The van der Waals surface area contributed by atoms with Gasteiger partial charge in [0.1, 0.15) is 17.4 Å². The molecule has 0 spiro atoms. The second-order valence-corrected chi connectivity index (χ2v) is 7.96. The van der Waals surface area contributed by atoms with Crippen LogP contribution in [0, 0.1) is 12.7 Å². The van der Waals surface area contributed by atoms with Gasteiger partial charge in [0.15, 0.2) is 0 Å². The van der Waals surface area contributed by atoms with Gasteiger partial charge >= 0.3 is 0 Å². The molecule has 1 unspecified atom stereocenters. The van der Waals surface area contributed by atoms with E-state index in [4.69, 9.17) is 4.74 Å². The van der Waals surface area contributed by atoms with Crippen LogP contribution in [0.25, 0.3) is 15.3 Å². The molecular weight excluding hydrogens is 391 g/mol. The van der Waals surface area contributed by atoms with Gasteiger partial charge in [-0.05, 0) is 42.8 Å². The van der Waals surface area contributed by atoms with E-state index in [0.717, 1.165) is 32.8 Å². The summed E-state index contributed by atoms with van der Waals surface area (Å²) in [6.45, 7) is 1.92. The number of hydrogen-bond acceptors (Lipinski definition) is 5. The monoisotopic (exact) mass is 408 g/mol. The van der Waals surface area contributed by atoms with E-state index in [1.807, 2.05) is 25.1 Å². The van der Waals surface area contributed by atoms with Gasteiger partial charge in [0.05, 0.1) is 23.0 Å². The number of amides is 1. The number of fused-ring (bicyclic) bond motifs is 2. The predicted molar refractivity (Wildman–Crippen MR) is 110 cm³/mol. The number of hydrogen-bond donors (Lipinski definition) is 1. The number of methoxy groups -OCH3 is 1. The van der Waals surface area contributed by atoms with Gasteiger partial charge in [-0.25, -0.2) is 9.37 Å². The summed E-state index contributed by atoms with van der Waals surface area (Å²) in [5, 5.41) is 8.29. The first-order valence-corrected chi connectivity index (χ1v) is 9.95. The number of halogens is 1. The zero-order valence-electron chi connectivity index (χ0n) is 15.8. The van der Waals surface area contributed by atoms with Crippen LogP contribution in [0.4, 0.5) is 10.2 Å². The van der Waals surface area contributed by atoms with Crippen LogP contribution in [-0.2, 0) is 4.79 Å². The molecule has 0 radical (unpaired) electrons. The van der Waals surface area contributed by atoms with E-state index in [9.17, 15) is 9.18 Å². The van der Waals surface area contributed by atoms with Crippen LogP contribution >= 0.6 is 11.3 Å². The molecule has 1 amide bonds. The minimum atomic E-state index is -0.299.